The van der Waals surface area contributed by atoms with E-state index < -0.39 is 11.3 Å². The number of para-hydroxylation sites is 1. The Bertz CT molecular complexity index is 1140. The molecule has 0 radical (unpaired) electrons. The van der Waals surface area contributed by atoms with Gasteiger partial charge in [-0.15, -0.1) is 13.2 Å². The van der Waals surface area contributed by atoms with E-state index in [-0.39, 0.29) is 41.4 Å². The topological polar surface area (TPSA) is 126 Å². The van der Waals surface area contributed by atoms with Crippen molar-refractivity contribution >= 4 is 23.9 Å². The Labute approximate surface area is 223 Å². The van der Waals surface area contributed by atoms with Crippen LogP contribution in [0.15, 0.2) is 30.5 Å². The lowest BCUT2D eigenvalue weighted by atomic mass is 9.85. The molecule has 39 heavy (non-hydrogen) atoms. The second kappa shape index (κ2) is 12.5. The number of carbonyl (C=O) groups excluding carboxylic acids is 1. The molecule has 0 spiro atoms. The van der Waals surface area contributed by atoms with Gasteiger partial charge in [-0.25, -0.2) is 4.98 Å². The van der Waals surface area contributed by atoms with Gasteiger partial charge in [0.2, 0.25) is 18.2 Å². The van der Waals surface area contributed by atoms with Crippen LogP contribution in [0.4, 0.5) is 30.6 Å². The number of nitrogens with zero attached hydrogens (tertiary/aromatic N) is 5. The zero-order chi connectivity index (χ0) is 28.0. The summed E-state index contributed by atoms with van der Waals surface area (Å²) in [6.07, 6.45) is 2.05. The molecule has 1 aliphatic carbocycles. The van der Waals surface area contributed by atoms with E-state index in [1.165, 1.54) is 18.2 Å². The Hall–Kier alpha value is -3.68. The molecule has 1 unspecified atom stereocenters. The Balaban J connectivity index is 1.32. The van der Waals surface area contributed by atoms with Crippen molar-refractivity contribution < 1.29 is 27.6 Å². The molecule has 212 valence electrons. The van der Waals surface area contributed by atoms with Crippen molar-refractivity contribution in [2.45, 2.75) is 57.1 Å². The summed E-state index contributed by atoms with van der Waals surface area (Å²) >= 11 is 0. The second-order valence-electron chi connectivity index (χ2n) is 9.96. The molecule has 2 aliphatic rings. The Morgan fingerprint density at radius 3 is 2.64 bits per heavy atom. The summed E-state index contributed by atoms with van der Waals surface area (Å²) in [5.41, 5.74) is -0.0531. The van der Waals surface area contributed by atoms with Crippen LogP contribution in [0.5, 0.6) is 5.75 Å². The van der Waals surface area contributed by atoms with Crippen LogP contribution < -0.4 is 15.4 Å². The lowest BCUT2D eigenvalue weighted by molar-refractivity contribution is -0.384. The van der Waals surface area contributed by atoms with Gasteiger partial charge in [0.05, 0.1) is 4.92 Å². The average Bonchev–Trinajstić information content (AvgIpc) is 3.41. The molecule has 0 bridgehead atoms. The van der Waals surface area contributed by atoms with Crippen molar-refractivity contribution in [2.24, 2.45) is 5.92 Å². The molecule has 11 nitrogen and oxygen atoms in total. The Morgan fingerprint density at radius 1 is 1.21 bits per heavy atom. The number of likely N-dealkylation sites (tertiary alicyclic amines) is 1. The predicted molar refractivity (Wildman–Crippen MR) is 137 cm³/mol. The zero-order valence-corrected chi connectivity index (χ0v) is 21.6. The van der Waals surface area contributed by atoms with Gasteiger partial charge in [0, 0.05) is 50.9 Å². The van der Waals surface area contributed by atoms with E-state index in [2.05, 4.69) is 30.2 Å². The van der Waals surface area contributed by atoms with Gasteiger partial charge < -0.3 is 20.3 Å². The van der Waals surface area contributed by atoms with Crippen LogP contribution in [0, 0.1) is 16.0 Å². The molecule has 1 amide bonds. The Morgan fingerprint density at radius 2 is 1.95 bits per heavy atom. The van der Waals surface area contributed by atoms with Crippen LogP contribution in [0.1, 0.15) is 37.7 Å². The fourth-order valence-corrected chi connectivity index (χ4v) is 5.25. The first-order valence-electron chi connectivity index (χ1n) is 12.9. The third-order valence-corrected chi connectivity index (χ3v) is 7.43. The number of carbonyl (C=O) groups is 1. The van der Waals surface area contributed by atoms with Gasteiger partial charge >= 0.3 is 12.0 Å². The molecule has 14 heteroatoms. The van der Waals surface area contributed by atoms with E-state index in [1.807, 2.05) is 7.05 Å². The van der Waals surface area contributed by atoms with Crippen molar-refractivity contribution in [3.63, 3.8) is 0 Å². The number of alkyl halides is 3. The normalized spacial score (nSPS) is 21.8. The van der Waals surface area contributed by atoms with Crippen molar-refractivity contribution in [3.8, 4) is 5.75 Å². The smallest absolute Gasteiger partial charge is 0.405 e. The molecular weight excluding hydrogens is 519 g/mol. The summed E-state index contributed by atoms with van der Waals surface area (Å²) in [5.74, 6) is 0.0551. The number of hydrogen-bond donors (Lipinski definition) is 2. The molecule has 2 aromatic rings. The third kappa shape index (κ3) is 7.68. The maximum absolute atomic E-state index is 12.7. The number of likely N-dealkylation sites (N-methyl/N-ethyl adjacent to an activating group) is 1. The summed E-state index contributed by atoms with van der Waals surface area (Å²) in [7, 11) is 1.82. The minimum atomic E-state index is -4.83. The fourth-order valence-electron chi connectivity index (χ4n) is 5.25. The van der Waals surface area contributed by atoms with Crippen LogP contribution in [0.2, 0.25) is 0 Å². The zero-order valence-electron chi connectivity index (χ0n) is 21.6. The number of benzene rings is 1. The first-order valence-corrected chi connectivity index (χ1v) is 12.9. The first kappa shape index (κ1) is 28.3. The summed E-state index contributed by atoms with van der Waals surface area (Å²) in [6.45, 7) is 2.29. The number of nitro groups is 1. The van der Waals surface area contributed by atoms with Crippen LogP contribution in [-0.2, 0) is 11.3 Å². The number of anilines is 2. The molecule has 1 saturated heterocycles. The van der Waals surface area contributed by atoms with E-state index in [4.69, 9.17) is 0 Å². The average molecular weight is 552 g/mol. The molecule has 1 aliphatic heterocycles. The molecule has 1 atom stereocenters. The number of ether oxygens (including phenoxy) is 1. The van der Waals surface area contributed by atoms with E-state index in [0.717, 1.165) is 57.8 Å². The fraction of sp³-hybridized carbons (Fsp3) is 0.560. The maximum atomic E-state index is 12.7. The first-order chi connectivity index (χ1) is 18.6. The summed E-state index contributed by atoms with van der Waals surface area (Å²) in [6, 6.07) is 6.40. The van der Waals surface area contributed by atoms with E-state index >= 15 is 0 Å². The van der Waals surface area contributed by atoms with E-state index in [0.29, 0.717) is 18.5 Å². The van der Waals surface area contributed by atoms with Crippen LogP contribution in [0.3, 0.4) is 0 Å². The van der Waals surface area contributed by atoms with Gasteiger partial charge in [-0.3, -0.25) is 19.8 Å². The van der Waals surface area contributed by atoms with Crippen molar-refractivity contribution in [1.82, 2.24) is 19.8 Å². The number of hydrogen-bond acceptors (Lipinski definition) is 9. The number of halogens is 3. The number of rotatable bonds is 11. The van der Waals surface area contributed by atoms with Crippen LogP contribution in [0.25, 0.3) is 0 Å². The summed E-state index contributed by atoms with van der Waals surface area (Å²) in [4.78, 5) is 34.4. The number of amides is 1. The van der Waals surface area contributed by atoms with Crippen LogP contribution in [-0.4, -0.2) is 76.2 Å². The van der Waals surface area contributed by atoms with E-state index in [1.54, 1.807) is 11.0 Å². The molecule has 2 fully saturated rings. The highest BCUT2D eigenvalue weighted by Crippen LogP contribution is 2.32. The monoisotopic (exact) mass is 551 g/mol. The van der Waals surface area contributed by atoms with Crippen molar-refractivity contribution in [3.05, 3.63) is 46.1 Å². The highest BCUT2D eigenvalue weighted by atomic mass is 19.4. The van der Waals surface area contributed by atoms with Gasteiger partial charge in [-0.2, -0.15) is 4.98 Å². The van der Waals surface area contributed by atoms with Crippen molar-refractivity contribution in [2.75, 3.05) is 37.3 Å². The molecule has 1 aromatic heterocycles. The number of nitrogens with one attached hydrogen (secondary N) is 2. The quantitative estimate of drug-likeness (QED) is 0.242. The lowest BCUT2D eigenvalue weighted by Gasteiger charge is -2.35. The standard InChI is InChI=1S/C25H32F3N7O4/c1-33(16-36)20-10-11-34(15-20)19-8-6-17(7-9-19)12-29-23-21(35(37)38)14-31-24(32-23)30-13-18-4-2-3-5-22(18)39-25(26,27)28/h2-5,14,16-17,19-20H,6-13,15H2,1H3,(H2,29,30,31,32). The molecule has 1 aromatic carbocycles. The predicted octanol–water partition coefficient (Wildman–Crippen LogP) is 4.03. The molecular formula is C25H32F3N7O4. The molecule has 4 rings (SSSR count). The van der Waals surface area contributed by atoms with Crippen molar-refractivity contribution in [1.29, 1.82) is 0 Å². The largest absolute Gasteiger partial charge is 0.573 e. The summed E-state index contributed by atoms with van der Waals surface area (Å²) < 4.78 is 42.2. The van der Waals surface area contributed by atoms with Gasteiger partial charge in [-0.05, 0) is 44.1 Å². The molecule has 2 heterocycles. The van der Waals surface area contributed by atoms with Gasteiger partial charge in [-0.1, -0.05) is 18.2 Å². The van der Waals surface area contributed by atoms with Gasteiger partial charge in [0.25, 0.3) is 0 Å². The lowest BCUT2D eigenvalue weighted by Crippen LogP contribution is -2.40. The van der Waals surface area contributed by atoms with Gasteiger partial charge in [0.1, 0.15) is 11.9 Å². The highest BCUT2D eigenvalue weighted by Gasteiger charge is 2.33. The SMILES string of the molecule is CN(C=O)C1CCN(C2CCC(CNc3nc(NCc4ccccc4OC(F)(F)F)ncc3[N+](=O)[O-])CC2)C1. The maximum Gasteiger partial charge on any atom is 0.573 e. The molecule has 1 saturated carbocycles. The Kier molecular flexibility index (Phi) is 9.04. The van der Waals surface area contributed by atoms with E-state index in [9.17, 15) is 28.1 Å². The molecule has 2 N–H and O–H groups in total. The summed E-state index contributed by atoms with van der Waals surface area (Å²) in [5, 5.41) is 17.5. The third-order valence-electron chi connectivity index (χ3n) is 7.43. The van der Waals surface area contributed by atoms with Gasteiger partial charge in [0.15, 0.2) is 0 Å². The minimum Gasteiger partial charge on any atom is -0.405 e. The minimum absolute atomic E-state index is 0.0394. The highest BCUT2D eigenvalue weighted by molar-refractivity contribution is 5.57. The van der Waals surface area contributed by atoms with Crippen LogP contribution >= 0.6 is 0 Å². The number of aromatic nitrogens is 2. The second-order valence-corrected chi connectivity index (χ2v) is 9.96.